The summed E-state index contributed by atoms with van der Waals surface area (Å²) in [6.45, 7) is 3.32. The van der Waals surface area contributed by atoms with E-state index in [9.17, 15) is 9.59 Å². The number of hydrogen-bond donors (Lipinski definition) is 1. The van der Waals surface area contributed by atoms with Gasteiger partial charge in [0.25, 0.3) is 11.8 Å². The Balaban J connectivity index is 1.21. The largest absolute Gasteiger partial charge is 0.339 e. The third-order valence-electron chi connectivity index (χ3n) is 7.04. The highest BCUT2D eigenvalue weighted by Crippen LogP contribution is 2.31. The summed E-state index contributed by atoms with van der Waals surface area (Å²) < 4.78 is 1.81. The van der Waals surface area contributed by atoms with Crippen LogP contribution in [0.5, 0.6) is 0 Å². The van der Waals surface area contributed by atoms with Gasteiger partial charge in [0.1, 0.15) is 0 Å². The minimum atomic E-state index is -0.236. The van der Waals surface area contributed by atoms with Crippen LogP contribution in [0.3, 0.4) is 0 Å². The summed E-state index contributed by atoms with van der Waals surface area (Å²) in [6, 6.07) is 20.9. The summed E-state index contributed by atoms with van der Waals surface area (Å²) in [5.74, 6) is 0.186. The molecule has 0 aliphatic carbocycles. The van der Waals surface area contributed by atoms with Crippen LogP contribution >= 0.6 is 11.6 Å². The van der Waals surface area contributed by atoms with E-state index in [0.29, 0.717) is 40.8 Å². The van der Waals surface area contributed by atoms with Gasteiger partial charge in [0.2, 0.25) is 0 Å². The number of hydrogen-bond acceptors (Lipinski definition) is 3. The van der Waals surface area contributed by atoms with E-state index >= 15 is 0 Å². The SMILES string of the molecule is Cc1ccc(C(=O)N2CCC(c3ccc(-c4cnn(C)c4)cc3)CC2)cc1NC(=O)c1ccc(Cl)cc1. The van der Waals surface area contributed by atoms with Gasteiger partial charge in [0, 0.05) is 53.7 Å². The van der Waals surface area contributed by atoms with Crippen LogP contribution in [0.2, 0.25) is 5.02 Å². The van der Waals surface area contributed by atoms with Crippen molar-refractivity contribution in [1.29, 1.82) is 0 Å². The lowest BCUT2D eigenvalue weighted by atomic mass is 9.88. The van der Waals surface area contributed by atoms with Gasteiger partial charge in [-0.2, -0.15) is 5.10 Å². The Kier molecular flexibility index (Phi) is 7.10. The average Bonchev–Trinajstić information content (AvgIpc) is 3.36. The molecule has 1 aliphatic rings. The van der Waals surface area contributed by atoms with Crippen molar-refractivity contribution in [2.24, 2.45) is 7.05 Å². The predicted molar refractivity (Wildman–Crippen MR) is 147 cm³/mol. The molecule has 1 aromatic heterocycles. The van der Waals surface area contributed by atoms with Crippen molar-refractivity contribution < 1.29 is 9.59 Å². The second-order valence-corrected chi connectivity index (χ2v) is 10.0. The van der Waals surface area contributed by atoms with E-state index in [2.05, 4.69) is 34.7 Å². The summed E-state index contributed by atoms with van der Waals surface area (Å²) in [6.07, 6.45) is 5.73. The molecule has 0 bridgehead atoms. The smallest absolute Gasteiger partial charge is 0.255 e. The number of nitrogens with one attached hydrogen (secondary N) is 1. The number of benzene rings is 3. The first-order valence-electron chi connectivity index (χ1n) is 12.4. The van der Waals surface area contributed by atoms with E-state index in [0.717, 1.165) is 29.5 Å². The molecule has 6 nitrogen and oxygen atoms in total. The Hall–Kier alpha value is -3.90. The van der Waals surface area contributed by atoms with Crippen molar-refractivity contribution in [3.05, 3.63) is 106 Å². The maximum absolute atomic E-state index is 13.3. The Morgan fingerprint density at radius 3 is 2.24 bits per heavy atom. The van der Waals surface area contributed by atoms with Crippen LogP contribution in [0.1, 0.15) is 50.6 Å². The number of aryl methyl sites for hydroxylation is 2. The summed E-state index contributed by atoms with van der Waals surface area (Å²) in [4.78, 5) is 27.9. The third-order valence-corrected chi connectivity index (χ3v) is 7.29. The lowest BCUT2D eigenvalue weighted by molar-refractivity contribution is 0.0712. The van der Waals surface area contributed by atoms with Crippen molar-refractivity contribution in [3.8, 4) is 11.1 Å². The first kappa shape index (κ1) is 24.8. The molecule has 0 radical (unpaired) electrons. The predicted octanol–water partition coefficient (Wildman–Crippen LogP) is 6.32. The highest BCUT2D eigenvalue weighted by molar-refractivity contribution is 6.30. The molecule has 2 heterocycles. The van der Waals surface area contributed by atoms with Gasteiger partial charge in [-0.15, -0.1) is 0 Å². The van der Waals surface area contributed by atoms with E-state index in [-0.39, 0.29) is 11.8 Å². The maximum Gasteiger partial charge on any atom is 0.255 e. The van der Waals surface area contributed by atoms with Crippen LogP contribution in [-0.4, -0.2) is 39.6 Å². The van der Waals surface area contributed by atoms with Crippen LogP contribution in [0.4, 0.5) is 5.69 Å². The molecule has 0 spiro atoms. The first-order valence-corrected chi connectivity index (χ1v) is 12.8. The minimum absolute atomic E-state index is 0.00707. The zero-order valence-corrected chi connectivity index (χ0v) is 21.7. The van der Waals surface area contributed by atoms with Gasteiger partial charge in [0.15, 0.2) is 0 Å². The van der Waals surface area contributed by atoms with Gasteiger partial charge in [-0.25, -0.2) is 0 Å². The minimum Gasteiger partial charge on any atom is -0.339 e. The second kappa shape index (κ2) is 10.6. The van der Waals surface area contributed by atoms with E-state index in [1.165, 1.54) is 5.56 Å². The van der Waals surface area contributed by atoms with Crippen LogP contribution < -0.4 is 5.32 Å². The molecule has 0 saturated carbocycles. The van der Waals surface area contributed by atoms with Crippen molar-refractivity contribution in [2.45, 2.75) is 25.7 Å². The molecule has 3 aromatic carbocycles. The number of piperidine rings is 1. The highest BCUT2D eigenvalue weighted by atomic mass is 35.5. The molecule has 1 saturated heterocycles. The van der Waals surface area contributed by atoms with E-state index in [1.807, 2.05) is 43.4 Å². The zero-order chi connectivity index (χ0) is 25.9. The molecule has 0 unspecified atom stereocenters. The monoisotopic (exact) mass is 512 g/mol. The van der Waals surface area contributed by atoms with Gasteiger partial charge in [-0.1, -0.05) is 41.9 Å². The topological polar surface area (TPSA) is 67.2 Å². The number of likely N-dealkylation sites (tertiary alicyclic amines) is 1. The molecule has 4 aromatic rings. The second-order valence-electron chi connectivity index (χ2n) is 9.58. The zero-order valence-electron chi connectivity index (χ0n) is 20.9. The van der Waals surface area contributed by atoms with Crippen molar-refractivity contribution in [2.75, 3.05) is 18.4 Å². The normalized spacial score (nSPS) is 14.0. The first-order chi connectivity index (χ1) is 17.9. The highest BCUT2D eigenvalue weighted by Gasteiger charge is 2.25. The quantitative estimate of drug-likeness (QED) is 0.340. The lowest BCUT2D eigenvalue weighted by Crippen LogP contribution is -2.38. The van der Waals surface area contributed by atoms with Crippen molar-refractivity contribution in [1.82, 2.24) is 14.7 Å². The molecule has 37 heavy (non-hydrogen) atoms. The van der Waals surface area contributed by atoms with Crippen LogP contribution in [0, 0.1) is 6.92 Å². The molecule has 2 amide bonds. The van der Waals surface area contributed by atoms with E-state index in [4.69, 9.17) is 11.6 Å². The number of amides is 2. The van der Waals surface area contributed by atoms with Gasteiger partial charge >= 0.3 is 0 Å². The van der Waals surface area contributed by atoms with Crippen molar-refractivity contribution in [3.63, 3.8) is 0 Å². The molecule has 1 N–H and O–H groups in total. The van der Waals surface area contributed by atoms with Gasteiger partial charge in [-0.3, -0.25) is 14.3 Å². The van der Waals surface area contributed by atoms with Crippen LogP contribution in [-0.2, 0) is 7.05 Å². The Morgan fingerprint density at radius 2 is 1.59 bits per heavy atom. The number of carbonyl (C=O) groups excluding carboxylic acids is 2. The Morgan fingerprint density at radius 1 is 0.919 bits per heavy atom. The fourth-order valence-electron chi connectivity index (χ4n) is 4.80. The van der Waals surface area contributed by atoms with Gasteiger partial charge in [0.05, 0.1) is 6.20 Å². The van der Waals surface area contributed by atoms with Crippen molar-refractivity contribution >= 4 is 29.1 Å². The number of rotatable bonds is 5. The number of halogens is 1. The molecule has 1 aliphatic heterocycles. The molecular weight excluding hydrogens is 484 g/mol. The molecule has 5 rings (SSSR count). The number of anilines is 1. The molecular formula is C30H29ClN4O2. The summed E-state index contributed by atoms with van der Waals surface area (Å²) >= 11 is 5.93. The standard InChI is InChI=1S/C30H29ClN4O2/c1-20-3-4-25(17-28(20)33-29(36)24-9-11-27(31)12-10-24)30(37)35-15-13-23(14-16-35)21-5-7-22(8-6-21)26-18-32-34(2)19-26/h3-12,17-19,23H,13-16H2,1-2H3,(H,33,36). The van der Waals surface area contributed by atoms with Gasteiger partial charge in [-0.05, 0) is 78.8 Å². The fourth-order valence-corrected chi connectivity index (χ4v) is 4.93. The Bertz CT molecular complexity index is 1420. The number of nitrogens with zero attached hydrogens (tertiary/aromatic N) is 3. The molecule has 188 valence electrons. The van der Waals surface area contributed by atoms with Crippen LogP contribution in [0.15, 0.2) is 79.1 Å². The summed E-state index contributed by atoms with van der Waals surface area (Å²) in [5, 5.41) is 7.76. The molecule has 1 fully saturated rings. The van der Waals surface area contributed by atoms with E-state index in [1.54, 1.807) is 35.0 Å². The maximum atomic E-state index is 13.3. The third kappa shape index (κ3) is 5.59. The summed E-state index contributed by atoms with van der Waals surface area (Å²) in [5.41, 5.74) is 6.19. The van der Waals surface area contributed by atoms with Crippen LogP contribution in [0.25, 0.3) is 11.1 Å². The average molecular weight is 513 g/mol. The molecule has 7 heteroatoms. The Labute approximate surface area is 221 Å². The summed E-state index contributed by atoms with van der Waals surface area (Å²) in [7, 11) is 1.92. The number of aromatic nitrogens is 2. The molecule has 0 atom stereocenters. The fraction of sp³-hybridized carbons (Fsp3) is 0.233. The lowest BCUT2D eigenvalue weighted by Gasteiger charge is -2.32. The number of carbonyl (C=O) groups is 2. The van der Waals surface area contributed by atoms with Gasteiger partial charge < -0.3 is 10.2 Å². The van der Waals surface area contributed by atoms with E-state index < -0.39 is 0 Å².